The Kier molecular flexibility index (Phi) is 4.34. The van der Waals surface area contributed by atoms with Crippen LogP contribution in [0.15, 0.2) is 18.2 Å². The molecule has 0 atom stereocenters. The Morgan fingerprint density at radius 1 is 1.50 bits per heavy atom. The van der Waals surface area contributed by atoms with Crippen molar-refractivity contribution >= 4 is 5.78 Å². The third-order valence-corrected chi connectivity index (χ3v) is 2.02. The van der Waals surface area contributed by atoms with Crippen LogP contribution >= 0.6 is 0 Å². The van der Waals surface area contributed by atoms with Gasteiger partial charge in [0.05, 0.1) is 31.8 Å². The number of carbonyl (C=O) groups is 1. The van der Waals surface area contributed by atoms with Crippen molar-refractivity contribution in [2.24, 2.45) is 0 Å². The number of carbonyl (C=O) groups excluding carboxylic acids is 1. The van der Waals surface area contributed by atoms with Gasteiger partial charge < -0.3 is 9.47 Å². The smallest absolute Gasteiger partial charge is 0.180 e. The van der Waals surface area contributed by atoms with Crippen molar-refractivity contribution in [1.82, 2.24) is 0 Å². The van der Waals surface area contributed by atoms with E-state index in [9.17, 15) is 4.79 Å². The minimum atomic E-state index is -0.248. The van der Waals surface area contributed by atoms with E-state index >= 15 is 0 Å². The molecular formula is C12H13NO3. The van der Waals surface area contributed by atoms with E-state index in [1.807, 2.05) is 13.0 Å². The molecule has 1 rings (SSSR count). The van der Waals surface area contributed by atoms with Crippen LogP contribution < -0.4 is 9.47 Å². The standard InChI is InChI=1S/C12H13NO3/c1-3-16-9-4-5-10(11(14)6-7-13)12(8-9)15-2/h4-5,8H,3,6H2,1-2H3. The highest BCUT2D eigenvalue weighted by molar-refractivity contribution is 6.00. The maximum Gasteiger partial charge on any atom is 0.180 e. The van der Waals surface area contributed by atoms with Gasteiger partial charge >= 0.3 is 0 Å². The van der Waals surface area contributed by atoms with Crippen LogP contribution in [0.3, 0.4) is 0 Å². The van der Waals surface area contributed by atoms with Crippen molar-refractivity contribution in [2.75, 3.05) is 13.7 Å². The summed E-state index contributed by atoms with van der Waals surface area (Å²) in [6, 6.07) is 6.77. The molecule has 0 radical (unpaired) electrons. The Labute approximate surface area is 94.4 Å². The molecule has 0 saturated carbocycles. The average Bonchev–Trinajstić information content (AvgIpc) is 2.29. The predicted molar refractivity (Wildman–Crippen MR) is 58.7 cm³/mol. The number of ether oxygens (including phenoxy) is 2. The van der Waals surface area contributed by atoms with Gasteiger partial charge in [-0.05, 0) is 19.1 Å². The van der Waals surface area contributed by atoms with Crippen molar-refractivity contribution in [3.05, 3.63) is 23.8 Å². The molecule has 0 amide bonds. The van der Waals surface area contributed by atoms with Crippen LogP contribution in [-0.4, -0.2) is 19.5 Å². The van der Waals surface area contributed by atoms with Gasteiger partial charge in [-0.1, -0.05) is 0 Å². The molecular weight excluding hydrogens is 206 g/mol. The lowest BCUT2D eigenvalue weighted by Crippen LogP contribution is -2.02. The van der Waals surface area contributed by atoms with E-state index in [1.54, 1.807) is 18.2 Å². The first-order valence-electron chi connectivity index (χ1n) is 4.94. The largest absolute Gasteiger partial charge is 0.496 e. The number of ketones is 1. The van der Waals surface area contributed by atoms with Gasteiger partial charge in [0.2, 0.25) is 0 Å². The molecule has 0 fully saturated rings. The van der Waals surface area contributed by atoms with E-state index < -0.39 is 0 Å². The zero-order valence-corrected chi connectivity index (χ0v) is 9.32. The molecule has 4 heteroatoms. The second-order valence-electron chi connectivity index (χ2n) is 3.05. The lowest BCUT2D eigenvalue weighted by atomic mass is 10.1. The van der Waals surface area contributed by atoms with Gasteiger partial charge in [-0.3, -0.25) is 4.79 Å². The maximum absolute atomic E-state index is 11.6. The topological polar surface area (TPSA) is 59.3 Å². The number of nitrogens with zero attached hydrogens (tertiary/aromatic N) is 1. The molecule has 0 aliphatic heterocycles. The number of rotatable bonds is 5. The first-order valence-corrected chi connectivity index (χ1v) is 4.94. The lowest BCUT2D eigenvalue weighted by molar-refractivity contribution is 0.0995. The minimum absolute atomic E-state index is 0.148. The van der Waals surface area contributed by atoms with Crippen LogP contribution in [0, 0.1) is 11.3 Å². The van der Waals surface area contributed by atoms with E-state index in [4.69, 9.17) is 14.7 Å². The fourth-order valence-corrected chi connectivity index (χ4v) is 1.33. The van der Waals surface area contributed by atoms with Gasteiger partial charge in [0.15, 0.2) is 5.78 Å². The van der Waals surface area contributed by atoms with Crippen LogP contribution in [0.4, 0.5) is 0 Å². The fourth-order valence-electron chi connectivity index (χ4n) is 1.33. The van der Waals surface area contributed by atoms with Crippen molar-refractivity contribution < 1.29 is 14.3 Å². The first kappa shape index (κ1) is 12.1. The maximum atomic E-state index is 11.6. The molecule has 0 spiro atoms. The van der Waals surface area contributed by atoms with Gasteiger partial charge in [-0.15, -0.1) is 0 Å². The van der Waals surface area contributed by atoms with Crippen LogP contribution in [0.1, 0.15) is 23.7 Å². The normalized spacial score (nSPS) is 9.31. The molecule has 0 heterocycles. The number of hydrogen-bond acceptors (Lipinski definition) is 4. The molecule has 0 aliphatic carbocycles. The van der Waals surface area contributed by atoms with Crippen molar-refractivity contribution in [3.8, 4) is 17.6 Å². The van der Waals surface area contributed by atoms with E-state index in [0.717, 1.165) is 0 Å². The lowest BCUT2D eigenvalue weighted by Gasteiger charge is -2.09. The Morgan fingerprint density at radius 2 is 2.25 bits per heavy atom. The molecule has 0 bridgehead atoms. The number of Topliss-reactive ketones (excluding diaryl/α,β-unsaturated/α-hetero) is 1. The third-order valence-electron chi connectivity index (χ3n) is 2.02. The Balaban J connectivity index is 3.02. The van der Waals surface area contributed by atoms with Crippen LogP contribution in [-0.2, 0) is 0 Å². The van der Waals surface area contributed by atoms with E-state index in [-0.39, 0.29) is 12.2 Å². The summed E-state index contributed by atoms with van der Waals surface area (Å²) in [7, 11) is 1.48. The third kappa shape index (κ3) is 2.74. The zero-order chi connectivity index (χ0) is 12.0. The summed E-state index contributed by atoms with van der Waals surface area (Å²) in [5, 5.41) is 8.46. The second-order valence-corrected chi connectivity index (χ2v) is 3.05. The predicted octanol–water partition coefficient (Wildman–Crippen LogP) is 2.19. The molecule has 0 N–H and O–H groups in total. The summed E-state index contributed by atoms with van der Waals surface area (Å²) in [6.07, 6.45) is -0.148. The molecule has 84 valence electrons. The number of hydrogen-bond donors (Lipinski definition) is 0. The summed E-state index contributed by atoms with van der Waals surface area (Å²) in [5.41, 5.74) is 0.410. The Morgan fingerprint density at radius 3 is 2.81 bits per heavy atom. The highest BCUT2D eigenvalue weighted by Crippen LogP contribution is 2.25. The van der Waals surface area contributed by atoms with Crippen molar-refractivity contribution in [3.63, 3.8) is 0 Å². The number of methoxy groups -OCH3 is 1. The quantitative estimate of drug-likeness (QED) is 0.712. The molecule has 0 aromatic heterocycles. The van der Waals surface area contributed by atoms with Gasteiger partial charge in [0.25, 0.3) is 0 Å². The molecule has 0 unspecified atom stereocenters. The Hall–Kier alpha value is -2.02. The highest BCUT2D eigenvalue weighted by atomic mass is 16.5. The van der Waals surface area contributed by atoms with Gasteiger partial charge in [-0.25, -0.2) is 0 Å². The highest BCUT2D eigenvalue weighted by Gasteiger charge is 2.12. The monoisotopic (exact) mass is 219 g/mol. The summed E-state index contributed by atoms with van der Waals surface area (Å²) in [6.45, 7) is 2.43. The van der Waals surface area contributed by atoms with E-state index in [0.29, 0.717) is 23.7 Å². The fraction of sp³-hybridized carbons (Fsp3) is 0.333. The molecule has 0 saturated heterocycles. The first-order chi connectivity index (χ1) is 7.72. The summed E-state index contributed by atoms with van der Waals surface area (Å²) in [5.74, 6) is 0.835. The van der Waals surface area contributed by atoms with Crippen molar-refractivity contribution in [1.29, 1.82) is 5.26 Å². The number of nitriles is 1. The van der Waals surface area contributed by atoms with Crippen LogP contribution in [0.25, 0.3) is 0 Å². The minimum Gasteiger partial charge on any atom is -0.496 e. The Bertz CT molecular complexity index is 421. The summed E-state index contributed by atoms with van der Waals surface area (Å²) in [4.78, 5) is 11.6. The molecule has 4 nitrogen and oxygen atoms in total. The molecule has 1 aromatic carbocycles. The average molecular weight is 219 g/mol. The van der Waals surface area contributed by atoms with Gasteiger partial charge in [0, 0.05) is 6.07 Å². The summed E-state index contributed by atoms with van der Waals surface area (Å²) >= 11 is 0. The van der Waals surface area contributed by atoms with E-state index in [1.165, 1.54) is 7.11 Å². The van der Waals surface area contributed by atoms with Gasteiger partial charge in [0.1, 0.15) is 11.5 Å². The van der Waals surface area contributed by atoms with Crippen LogP contribution in [0.2, 0.25) is 0 Å². The van der Waals surface area contributed by atoms with Crippen LogP contribution in [0.5, 0.6) is 11.5 Å². The SMILES string of the molecule is CCOc1ccc(C(=O)CC#N)c(OC)c1. The summed E-state index contributed by atoms with van der Waals surface area (Å²) < 4.78 is 10.4. The molecule has 0 aliphatic rings. The molecule has 1 aromatic rings. The van der Waals surface area contributed by atoms with E-state index in [2.05, 4.69) is 0 Å². The zero-order valence-electron chi connectivity index (χ0n) is 9.32. The second kappa shape index (κ2) is 5.76. The number of benzene rings is 1. The van der Waals surface area contributed by atoms with Crippen molar-refractivity contribution in [2.45, 2.75) is 13.3 Å². The van der Waals surface area contributed by atoms with Gasteiger partial charge in [-0.2, -0.15) is 5.26 Å². The molecule has 16 heavy (non-hydrogen) atoms.